The summed E-state index contributed by atoms with van der Waals surface area (Å²) in [6.07, 6.45) is 0. The number of hydrogen-bond acceptors (Lipinski definition) is 3. The number of carboxylic acid groups (broad SMARTS) is 1. The Morgan fingerprint density at radius 1 is 1.15 bits per heavy atom. The summed E-state index contributed by atoms with van der Waals surface area (Å²) in [6.45, 7) is 6.64. The number of carboxylic acids is 1. The molecule has 0 aromatic heterocycles. The lowest BCUT2D eigenvalue weighted by Gasteiger charge is -2.14. The second-order valence-electron chi connectivity index (χ2n) is 4.60. The lowest BCUT2D eigenvalue weighted by molar-refractivity contribution is -0.133. The molecule has 1 aromatic carbocycles. The Morgan fingerprint density at radius 2 is 1.75 bits per heavy atom. The molecule has 0 aliphatic rings. The van der Waals surface area contributed by atoms with E-state index in [9.17, 15) is 9.59 Å². The van der Waals surface area contributed by atoms with E-state index in [1.54, 1.807) is 13.2 Å². The third-order valence-corrected chi connectivity index (χ3v) is 3.28. The van der Waals surface area contributed by atoms with Gasteiger partial charge in [0.1, 0.15) is 5.75 Å². The molecule has 108 valence electrons. The first-order valence-electron chi connectivity index (χ1n) is 6.15. The van der Waals surface area contributed by atoms with Crippen LogP contribution >= 0.6 is 0 Å². The molecule has 0 unspecified atom stereocenters. The monoisotopic (exact) mass is 277 g/mol. The zero-order chi connectivity index (χ0) is 15.4. The number of anilines is 1. The zero-order valence-electron chi connectivity index (χ0n) is 12.3. The summed E-state index contributed by atoms with van der Waals surface area (Å²) in [4.78, 5) is 22.9. The minimum absolute atomic E-state index is 0.0271. The largest absolute Gasteiger partial charge is 0.496 e. The summed E-state index contributed by atoms with van der Waals surface area (Å²) >= 11 is 0. The van der Waals surface area contributed by atoms with Gasteiger partial charge in [0.25, 0.3) is 5.91 Å². The predicted molar refractivity (Wildman–Crippen MR) is 77.1 cm³/mol. The van der Waals surface area contributed by atoms with Crippen LogP contribution in [0.1, 0.15) is 25.0 Å². The highest BCUT2D eigenvalue weighted by molar-refractivity contribution is 6.08. The van der Waals surface area contributed by atoms with Crippen molar-refractivity contribution in [1.82, 2.24) is 0 Å². The highest BCUT2D eigenvalue weighted by Gasteiger charge is 2.15. The van der Waals surface area contributed by atoms with Gasteiger partial charge in [0.05, 0.1) is 7.11 Å². The molecule has 0 atom stereocenters. The second kappa shape index (κ2) is 6.23. The third-order valence-electron chi connectivity index (χ3n) is 3.28. The van der Waals surface area contributed by atoms with E-state index in [0.717, 1.165) is 11.1 Å². The molecule has 1 amide bonds. The Hall–Kier alpha value is -2.30. The molecule has 0 heterocycles. The molecule has 1 rings (SSSR count). The average molecular weight is 277 g/mol. The fourth-order valence-electron chi connectivity index (χ4n) is 1.82. The second-order valence-corrected chi connectivity index (χ2v) is 4.60. The van der Waals surface area contributed by atoms with E-state index in [2.05, 4.69) is 5.32 Å². The van der Waals surface area contributed by atoms with Gasteiger partial charge in [-0.2, -0.15) is 0 Å². The zero-order valence-corrected chi connectivity index (χ0v) is 12.3. The Kier molecular flexibility index (Phi) is 4.91. The molecule has 0 aliphatic heterocycles. The van der Waals surface area contributed by atoms with E-state index in [0.29, 0.717) is 11.4 Å². The van der Waals surface area contributed by atoms with E-state index in [-0.39, 0.29) is 11.1 Å². The van der Waals surface area contributed by atoms with Crippen molar-refractivity contribution in [3.63, 3.8) is 0 Å². The molecule has 0 bridgehead atoms. The highest BCUT2D eigenvalue weighted by Crippen LogP contribution is 2.29. The number of carbonyl (C=O) groups is 2. The molecule has 1 aromatic rings. The van der Waals surface area contributed by atoms with Crippen LogP contribution in [0.25, 0.3) is 0 Å². The van der Waals surface area contributed by atoms with Gasteiger partial charge >= 0.3 is 5.97 Å². The number of carbonyl (C=O) groups excluding carboxylic acids is 1. The number of aryl methyl sites for hydroxylation is 1. The third kappa shape index (κ3) is 3.17. The Bertz CT molecular complexity index is 588. The van der Waals surface area contributed by atoms with E-state index in [1.807, 2.05) is 19.9 Å². The van der Waals surface area contributed by atoms with Crippen LogP contribution in [0, 0.1) is 13.8 Å². The number of methoxy groups -OCH3 is 1. The normalized spacial score (nSPS) is 11.7. The van der Waals surface area contributed by atoms with Gasteiger partial charge in [0.2, 0.25) is 0 Å². The molecule has 0 saturated heterocycles. The van der Waals surface area contributed by atoms with Crippen LogP contribution in [0.15, 0.2) is 23.3 Å². The maximum absolute atomic E-state index is 12.0. The molecule has 5 heteroatoms. The molecule has 5 nitrogen and oxygen atoms in total. The SMILES string of the molecule is COc1c(C)ccc(NC(=O)C(C)=C(C)C(=O)O)c1C. The Balaban J connectivity index is 3.09. The summed E-state index contributed by atoms with van der Waals surface area (Å²) in [7, 11) is 1.57. The molecule has 0 spiro atoms. The lowest BCUT2D eigenvalue weighted by atomic mass is 10.1. The first-order valence-corrected chi connectivity index (χ1v) is 6.15. The van der Waals surface area contributed by atoms with E-state index < -0.39 is 11.9 Å². The number of amides is 1. The number of benzene rings is 1. The number of aliphatic carboxylic acids is 1. The first-order chi connectivity index (χ1) is 9.29. The Labute approximate surface area is 118 Å². The fourth-order valence-corrected chi connectivity index (χ4v) is 1.82. The lowest BCUT2D eigenvalue weighted by Crippen LogP contribution is -2.17. The molecular formula is C15H19NO4. The van der Waals surface area contributed by atoms with Crippen LogP contribution in [0.4, 0.5) is 5.69 Å². The van der Waals surface area contributed by atoms with Crippen LogP contribution in [0.3, 0.4) is 0 Å². The van der Waals surface area contributed by atoms with Crippen molar-refractivity contribution in [2.45, 2.75) is 27.7 Å². The highest BCUT2D eigenvalue weighted by atomic mass is 16.5. The molecule has 20 heavy (non-hydrogen) atoms. The molecule has 0 radical (unpaired) electrons. The van der Waals surface area contributed by atoms with Gasteiger partial charge in [0, 0.05) is 22.4 Å². The summed E-state index contributed by atoms with van der Waals surface area (Å²) in [5.74, 6) is -0.825. The van der Waals surface area contributed by atoms with Crippen molar-refractivity contribution in [1.29, 1.82) is 0 Å². The van der Waals surface area contributed by atoms with Crippen LogP contribution < -0.4 is 10.1 Å². The van der Waals surface area contributed by atoms with Gasteiger partial charge in [-0.25, -0.2) is 4.79 Å². The summed E-state index contributed by atoms with van der Waals surface area (Å²) in [5.41, 5.74) is 2.59. The van der Waals surface area contributed by atoms with Crippen LogP contribution in [0.5, 0.6) is 5.75 Å². The van der Waals surface area contributed by atoms with Gasteiger partial charge in [-0.3, -0.25) is 4.79 Å². The molecular weight excluding hydrogens is 258 g/mol. The van der Waals surface area contributed by atoms with Crippen LogP contribution in [-0.2, 0) is 9.59 Å². The van der Waals surface area contributed by atoms with Crippen LogP contribution in [-0.4, -0.2) is 24.1 Å². The molecule has 0 aliphatic carbocycles. The van der Waals surface area contributed by atoms with Gasteiger partial charge in [0.15, 0.2) is 0 Å². The number of nitrogens with one attached hydrogen (secondary N) is 1. The van der Waals surface area contributed by atoms with Crippen LogP contribution in [0.2, 0.25) is 0 Å². The van der Waals surface area contributed by atoms with Gasteiger partial charge in [-0.05, 0) is 39.3 Å². The molecule has 0 fully saturated rings. The fraction of sp³-hybridized carbons (Fsp3) is 0.333. The van der Waals surface area contributed by atoms with Crippen molar-refractivity contribution >= 4 is 17.6 Å². The topological polar surface area (TPSA) is 75.6 Å². The Morgan fingerprint density at radius 3 is 2.25 bits per heavy atom. The maximum atomic E-state index is 12.0. The summed E-state index contributed by atoms with van der Waals surface area (Å²) < 4.78 is 5.29. The average Bonchev–Trinajstić information content (AvgIpc) is 2.40. The van der Waals surface area contributed by atoms with E-state index >= 15 is 0 Å². The minimum Gasteiger partial charge on any atom is -0.496 e. The van der Waals surface area contributed by atoms with Crippen molar-refractivity contribution in [3.05, 3.63) is 34.4 Å². The number of ether oxygens (including phenoxy) is 1. The van der Waals surface area contributed by atoms with Gasteiger partial charge in [-0.1, -0.05) is 6.07 Å². The predicted octanol–water partition coefficient (Wildman–Crippen LogP) is 2.67. The summed E-state index contributed by atoms with van der Waals surface area (Å²) in [6, 6.07) is 3.61. The van der Waals surface area contributed by atoms with Crippen molar-refractivity contribution < 1.29 is 19.4 Å². The first kappa shape index (κ1) is 15.8. The van der Waals surface area contributed by atoms with Gasteiger partial charge < -0.3 is 15.2 Å². The van der Waals surface area contributed by atoms with Crippen molar-refractivity contribution in [2.75, 3.05) is 12.4 Å². The minimum atomic E-state index is -1.10. The standard InChI is InChI=1S/C15H19NO4/c1-8-6-7-12(11(4)13(8)20-5)16-14(17)9(2)10(3)15(18)19/h6-7H,1-5H3,(H,16,17)(H,18,19). The van der Waals surface area contributed by atoms with Gasteiger partial charge in [-0.15, -0.1) is 0 Å². The van der Waals surface area contributed by atoms with Crippen molar-refractivity contribution in [2.24, 2.45) is 0 Å². The van der Waals surface area contributed by atoms with E-state index in [1.165, 1.54) is 13.8 Å². The maximum Gasteiger partial charge on any atom is 0.331 e. The number of hydrogen-bond donors (Lipinski definition) is 2. The van der Waals surface area contributed by atoms with E-state index in [4.69, 9.17) is 9.84 Å². The quantitative estimate of drug-likeness (QED) is 0.830. The van der Waals surface area contributed by atoms with Crippen molar-refractivity contribution in [3.8, 4) is 5.75 Å². The molecule has 2 N–H and O–H groups in total. The number of rotatable bonds is 4. The smallest absolute Gasteiger partial charge is 0.331 e. The summed E-state index contributed by atoms with van der Waals surface area (Å²) in [5, 5.41) is 11.6. The molecule has 0 saturated carbocycles.